The number of carbonyl (C=O) groups is 1. The molecule has 2 N–H and O–H groups in total. The Morgan fingerprint density at radius 1 is 1.53 bits per heavy atom. The Hall–Kier alpha value is 0.330. The molecule has 0 saturated heterocycles. The molecule has 0 aromatic carbocycles. The van der Waals surface area contributed by atoms with Gasteiger partial charge in [-0.1, -0.05) is 0 Å². The van der Waals surface area contributed by atoms with Crippen LogP contribution in [0.2, 0.25) is 0 Å². The Morgan fingerprint density at radius 3 is 2.53 bits per heavy atom. The summed E-state index contributed by atoms with van der Waals surface area (Å²) in [5.41, 5.74) is 0. The summed E-state index contributed by atoms with van der Waals surface area (Å²) in [6, 6.07) is 0. The Kier molecular flexibility index (Phi) is 5.01. The third kappa shape index (κ3) is 4.84. The van der Waals surface area contributed by atoms with E-state index in [-0.39, 0.29) is 2.75 Å². The van der Waals surface area contributed by atoms with Crippen LogP contribution in [-0.4, -0.2) is 27.4 Å². The van der Waals surface area contributed by atoms with E-state index in [0.29, 0.717) is 3.95 Å². The third-order valence-electron chi connectivity index (χ3n) is 1.72. The van der Waals surface area contributed by atoms with E-state index in [2.05, 4.69) is 24.0 Å². The van der Waals surface area contributed by atoms with Gasteiger partial charge in [0.25, 0.3) is 0 Å². The number of carboxylic acids is 1. The van der Waals surface area contributed by atoms with Crippen molar-refractivity contribution in [1.82, 2.24) is 10.2 Å². The van der Waals surface area contributed by atoms with Crippen LogP contribution >= 0.6 is 35.3 Å². The number of alkyl halides is 2. The molecule has 0 aliphatic carbocycles. The van der Waals surface area contributed by atoms with E-state index in [4.69, 9.17) is 17.3 Å². The van der Waals surface area contributed by atoms with Gasteiger partial charge in [0.05, 0.1) is 0 Å². The average molecular weight is 405 g/mol. The van der Waals surface area contributed by atoms with Gasteiger partial charge in [-0.3, -0.25) is 0 Å². The summed E-state index contributed by atoms with van der Waals surface area (Å²) in [6.45, 7) is 7.72. The van der Waals surface area contributed by atoms with Crippen LogP contribution in [0.3, 0.4) is 0 Å². The van der Waals surface area contributed by atoms with E-state index in [1.54, 1.807) is 25.6 Å². The van der Waals surface area contributed by atoms with Crippen molar-refractivity contribution in [3.8, 4) is 0 Å². The molecule has 0 aliphatic heterocycles. The Morgan fingerprint density at radius 2 is 2.12 bits per heavy atom. The second-order valence-electron chi connectivity index (χ2n) is 4.22. The number of nitrogens with zero attached hydrogens (tertiary/aromatic N) is 1. The topological polar surface area (TPSA) is 66.0 Å². The van der Waals surface area contributed by atoms with Crippen LogP contribution in [-0.2, 0) is 4.79 Å². The van der Waals surface area contributed by atoms with Gasteiger partial charge >= 0.3 is 125 Å². The summed E-state index contributed by atoms with van der Waals surface area (Å²) >= 11 is 7.47. The quantitative estimate of drug-likeness (QED) is 0.312. The summed E-state index contributed by atoms with van der Waals surface area (Å²) < 4.78 is 0.807. The molecule has 0 fully saturated rings. The molecule has 0 unspecified atom stereocenters. The van der Waals surface area contributed by atoms with Gasteiger partial charge in [-0.2, -0.15) is 0 Å². The Labute approximate surface area is 124 Å². The summed E-state index contributed by atoms with van der Waals surface area (Å²) in [5, 5.41) is 16.0. The van der Waals surface area contributed by atoms with Gasteiger partial charge in [-0.25, -0.2) is 0 Å². The zero-order chi connectivity index (χ0) is 13.3. The van der Waals surface area contributed by atoms with E-state index >= 15 is 0 Å². The average Bonchev–Trinajstić information content (AvgIpc) is 2.47. The van der Waals surface area contributed by atoms with Crippen LogP contribution in [0.1, 0.15) is 27.7 Å². The molecule has 0 atom stereocenters. The number of hydrogen-bond donors (Lipinski definition) is 2. The molecule has 1 heterocycles. The molecule has 1 aromatic rings. The van der Waals surface area contributed by atoms with Crippen molar-refractivity contribution in [2.75, 3.05) is 0 Å². The number of aliphatic carboxylic acids is 1. The van der Waals surface area contributed by atoms with E-state index < -0.39 is 30.6 Å². The summed E-state index contributed by atoms with van der Waals surface area (Å²) in [6.07, 6.45) is 0. The van der Waals surface area contributed by atoms with E-state index in [9.17, 15) is 4.79 Å². The molecule has 1 aromatic heterocycles. The number of thioether (sulfide) groups is 1. The zero-order valence-corrected chi connectivity index (χ0v) is 14.5. The van der Waals surface area contributed by atoms with Crippen molar-refractivity contribution in [3.63, 3.8) is 0 Å². The molecule has 8 heteroatoms. The van der Waals surface area contributed by atoms with Crippen molar-refractivity contribution >= 4 is 41.3 Å². The standard InChI is InChI=1S/C9H14IN2O2S3/c1-8(2,5(13)14)10-9(3,4)17-7-12-11-6(15)16-7/h1-4H3,(H,11,15)(H,13,14)/q-1. The molecule has 4 nitrogen and oxygen atoms in total. The summed E-state index contributed by atoms with van der Waals surface area (Å²) in [5.74, 6) is -0.728. The molecule has 1 rings (SSSR count). The van der Waals surface area contributed by atoms with E-state index in [1.807, 2.05) is 0 Å². The fraction of sp³-hybridized carbons (Fsp3) is 0.667. The molecule has 0 bridgehead atoms. The molecular weight excluding hydrogens is 391 g/mol. The van der Waals surface area contributed by atoms with Gasteiger partial charge in [0, 0.05) is 0 Å². The minimum atomic E-state index is -0.728. The van der Waals surface area contributed by atoms with Crippen LogP contribution in [0.25, 0.3) is 0 Å². The number of carboxylic acid groups (broad SMARTS) is 1. The van der Waals surface area contributed by atoms with E-state index in [0.717, 1.165) is 4.34 Å². The van der Waals surface area contributed by atoms with Gasteiger partial charge in [0.15, 0.2) is 0 Å². The number of hydrogen-bond acceptors (Lipinski definition) is 5. The first kappa shape index (κ1) is 15.4. The number of rotatable bonds is 5. The second-order valence-corrected chi connectivity index (χ2v) is 14.4. The molecule has 0 saturated carbocycles. The fourth-order valence-electron chi connectivity index (χ4n) is 1.10. The normalized spacial score (nSPS) is 12.9. The number of aromatic amines is 1. The number of H-pyrrole nitrogens is 1. The molecular formula is C9H14IN2O2S3-. The van der Waals surface area contributed by atoms with Gasteiger partial charge < -0.3 is 0 Å². The van der Waals surface area contributed by atoms with Crippen molar-refractivity contribution < 1.29 is 31.1 Å². The monoisotopic (exact) mass is 405 g/mol. The molecule has 0 aliphatic rings. The maximum absolute atomic E-state index is 11.1. The SMILES string of the molecule is CC(C)(Sc1n[nH]c(=S)s1)[I-]C(C)(C)C(=O)O. The predicted molar refractivity (Wildman–Crippen MR) is 68.9 cm³/mol. The van der Waals surface area contributed by atoms with Crippen molar-refractivity contribution in [2.24, 2.45) is 0 Å². The Balaban J connectivity index is 2.75. The third-order valence-corrected chi connectivity index (χ3v) is 8.14. The first-order valence-electron chi connectivity index (χ1n) is 4.77. The molecule has 0 radical (unpaired) electrons. The van der Waals surface area contributed by atoms with Crippen molar-refractivity contribution in [2.45, 2.75) is 38.2 Å². The molecule has 17 heavy (non-hydrogen) atoms. The van der Waals surface area contributed by atoms with Crippen LogP contribution in [0.5, 0.6) is 0 Å². The Bertz CT molecular complexity index is 467. The van der Waals surface area contributed by atoms with Gasteiger partial charge in [0.2, 0.25) is 0 Å². The van der Waals surface area contributed by atoms with Crippen molar-refractivity contribution in [3.05, 3.63) is 3.95 Å². The molecule has 0 spiro atoms. The van der Waals surface area contributed by atoms with Gasteiger partial charge in [0.1, 0.15) is 0 Å². The summed E-state index contributed by atoms with van der Waals surface area (Å²) in [7, 11) is 0. The first-order valence-corrected chi connectivity index (χ1v) is 8.97. The van der Waals surface area contributed by atoms with E-state index in [1.165, 1.54) is 11.3 Å². The number of aromatic nitrogens is 2. The van der Waals surface area contributed by atoms with Crippen LogP contribution in [0, 0.1) is 3.95 Å². The van der Waals surface area contributed by atoms with Gasteiger partial charge in [-0.05, 0) is 0 Å². The zero-order valence-electron chi connectivity index (χ0n) is 9.91. The van der Waals surface area contributed by atoms with Gasteiger partial charge in [-0.15, -0.1) is 0 Å². The fourth-order valence-corrected chi connectivity index (χ4v) is 9.64. The van der Waals surface area contributed by atoms with Crippen LogP contribution in [0.4, 0.5) is 0 Å². The minimum absolute atomic E-state index is 0.0891. The second kappa shape index (κ2) is 5.54. The number of nitrogens with one attached hydrogen (secondary N) is 1. The summed E-state index contributed by atoms with van der Waals surface area (Å²) in [4.78, 5) is 11.1. The van der Waals surface area contributed by atoms with Crippen LogP contribution < -0.4 is 21.2 Å². The van der Waals surface area contributed by atoms with Crippen LogP contribution in [0.15, 0.2) is 4.34 Å². The number of halogens is 1. The molecule has 98 valence electrons. The maximum atomic E-state index is 11.1. The molecule has 0 amide bonds. The predicted octanol–water partition coefficient (Wildman–Crippen LogP) is -0.0189. The first-order chi connectivity index (χ1) is 7.62. The van der Waals surface area contributed by atoms with Crippen molar-refractivity contribution in [1.29, 1.82) is 0 Å².